The zero-order valence-electron chi connectivity index (χ0n) is 20.3. The van der Waals surface area contributed by atoms with E-state index in [-0.39, 0.29) is 18.7 Å². The standard InChI is InChI=1S/C26H35N5O3/c1-17-28-23(18-7-9-20(10-8-18)30(2)3)14-24(29-17)22-16-31-12-11-19(22)13-21(31)15-27-25(32)5-4-6-26(33)34/h7-10,14,19,21-22H,4-6,11-13,15-16H2,1-3H3,(H,27,32)(H,33,34)/t19-,21+,22-/m0/s1. The third-order valence-corrected chi connectivity index (χ3v) is 7.30. The molecule has 0 spiro atoms. The number of amides is 1. The number of aryl methyl sites for hydroxylation is 1. The van der Waals surface area contributed by atoms with Gasteiger partial charge in [0.1, 0.15) is 11.9 Å². The molecule has 4 atom stereocenters. The summed E-state index contributed by atoms with van der Waals surface area (Å²) in [5.41, 5.74) is 4.36. The number of carbonyl (C=O) groups excluding carboxylic acids is 2. The van der Waals surface area contributed by atoms with Gasteiger partial charge >= 0.3 is 0 Å². The van der Waals surface area contributed by atoms with Crippen molar-refractivity contribution in [1.82, 2.24) is 15.3 Å². The predicted molar refractivity (Wildman–Crippen MR) is 128 cm³/mol. The molecule has 4 heterocycles. The molecule has 3 saturated heterocycles. The molecule has 1 amide bonds. The summed E-state index contributed by atoms with van der Waals surface area (Å²) in [7, 11) is 4.07. The van der Waals surface area contributed by atoms with Gasteiger partial charge in [-0.25, -0.2) is 9.97 Å². The van der Waals surface area contributed by atoms with Crippen LogP contribution in [0.25, 0.3) is 11.3 Å². The molecule has 5 rings (SSSR count). The molecular formula is C26H35N5O3. The summed E-state index contributed by atoms with van der Waals surface area (Å²) >= 11 is 0. The van der Waals surface area contributed by atoms with E-state index in [9.17, 15) is 14.7 Å². The molecular weight excluding hydrogens is 430 g/mol. The SMILES string of the molecule is Cc1nc(-c2ccc(N(C)C)cc2)cc([C@H]2C[NH+]3CC[C@H]2C[C@@H]3CNC(=O)CCCC(=O)[O-])n1. The third kappa shape index (κ3) is 5.73. The van der Waals surface area contributed by atoms with Crippen molar-refractivity contribution in [3.8, 4) is 11.3 Å². The minimum absolute atomic E-state index is 0.0713. The highest BCUT2D eigenvalue weighted by molar-refractivity contribution is 5.76. The first kappa shape index (κ1) is 24.1. The molecule has 0 aliphatic carbocycles. The summed E-state index contributed by atoms with van der Waals surface area (Å²) in [6.07, 6.45) is 2.73. The van der Waals surface area contributed by atoms with Gasteiger partial charge in [0.05, 0.1) is 36.9 Å². The van der Waals surface area contributed by atoms with Crippen LogP contribution in [0.15, 0.2) is 30.3 Å². The van der Waals surface area contributed by atoms with E-state index >= 15 is 0 Å². The van der Waals surface area contributed by atoms with Crippen LogP contribution in [0.5, 0.6) is 0 Å². The number of aliphatic carboxylic acids is 1. The van der Waals surface area contributed by atoms with Crippen molar-refractivity contribution in [2.75, 3.05) is 38.6 Å². The van der Waals surface area contributed by atoms with Crippen LogP contribution < -0.4 is 20.2 Å². The summed E-state index contributed by atoms with van der Waals surface area (Å²) in [6, 6.07) is 11.0. The van der Waals surface area contributed by atoms with E-state index < -0.39 is 5.97 Å². The fourth-order valence-electron chi connectivity index (χ4n) is 5.46. The molecule has 34 heavy (non-hydrogen) atoms. The maximum Gasteiger partial charge on any atom is 0.220 e. The monoisotopic (exact) mass is 465 g/mol. The van der Waals surface area contributed by atoms with Crippen molar-refractivity contribution in [3.05, 3.63) is 41.9 Å². The van der Waals surface area contributed by atoms with E-state index in [4.69, 9.17) is 9.97 Å². The number of carboxylic acids is 1. The molecule has 0 saturated carbocycles. The molecule has 3 aliphatic rings. The van der Waals surface area contributed by atoms with Gasteiger partial charge in [0.2, 0.25) is 5.91 Å². The average molecular weight is 466 g/mol. The average Bonchev–Trinajstić information content (AvgIpc) is 2.82. The molecule has 8 heteroatoms. The van der Waals surface area contributed by atoms with Gasteiger partial charge in [0, 0.05) is 50.6 Å². The van der Waals surface area contributed by atoms with E-state index in [1.165, 1.54) is 11.3 Å². The molecule has 8 nitrogen and oxygen atoms in total. The van der Waals surface area contributed by atoms with Crippen LogP contribution in [-0.2, 0) is 9.59 Å². The largest absolute Gasteiger partial charge is 0.550 e. The first-order valence-corrected chi connectivity index (χ1v) is 12.2. The molecule has 2 N–H and O–H groups in total. The van der Waals surface area contributed by atoms with Crippen molar-refractivity contribution in [1.29, 1.82) is 0 Å². The van der Waals surface area contributed by atoms with E-state index in [1.54, 1.807) is 0 Å². The molecule has 2 bridgehead atoms. The quantitative estimate of drug-likeness (QED) is 0.553. The summed E-state index contributed by atoms with van der Waals surface area (Å²) in [4.78, 5) is 35.8. The number of carboxylic acid groups (broad SMARTS) is 1. The number of benzene rings is 1. The van der Waals surface area contributed by atoms with Crippen LogP contribution in [0.3, 0.4) is 0 Å². The number of hydrogen-bond donors (Lipinski definition) is 2. The number of anilines is 1. The topological polar surface area (TPSA) is 103 Å². The van der Waals surface area contributed by atoms with Crippen molar-refractivity contribution < 1.29 is 19.6 Å². The van der Waals surface area contributed by atoms with E-state index in [0.717, 1.165) is 48.0 Å². The van der Waals surface area contributed by atoms with Crippen molar-refractivity contribution in [3.63, 3.8) is 0 Å². The fourth-order valence-corrected chi connectivity index (χ4v) is 5.46. The number of hydrogen-bond acceptors (Lipinski definition) is 6. The number of quaternary nitrogens is 1. The van der Waals surface area contributed by atoms with Crippen LogP contribution in [0, 0.1) is 12.8 Å². The second-order valence-electron chi connectivity index (χ2n) is 9.90. The zero-order valence-corrected chi connectivity index (χ0v) is 20.3. The van der Waals surface area contributed by atoms with Crippen LogP contribution >= 0.6 is 0 Å². The minimum atomic E-state index is -1.10. The Bertz CT molecular complexity index is 1020. The van der Waals surface area contributed by atoms with Crippen molar-refractivity contribution in [2.24, 2.45) is 5.92 Å². The lowest BCUT2D eigenvalue weighted by atomic mass is 9.74. The molecule has 182 valence electrons. The van der Waals surface area contributed by atoms with E-state index in [0.29, 0.717) is 30.8 Å². The lowest BCUT2D eigenvalue weighted by Crippen LogP contribution is -3.20. The van der Waals surface area contributed by atoms with Gasteiger partial charge in [-0.3, -0.25) is 4.79 Å². The van der Waals surface area contributed by atoms with Gasteiger partial charge in [-0.05, 0) is 43.9 Å². The van der Waals surface area contributed by atoms with Crippen LogP contribution in [-0.4, -0.2) is 61.6 Å². The van der Waals surface area contributed by atoms with E-state index in [2.05, 4.69) is 40.5 Å². The van der Waals surface area contributed by atoms with Crippen LogP contribution in [0.4, 0.5) is 5.69 Å². The Hall–Kier alpha value is -3.00. The Kier molecular flexibility index (Phi) is 7.46. The Labute approximate surface area is 201 Å². The van der Waals surface area contributed by atoms with Gasteiger partial charge in [0.15, 0.2) is 0 Å². The fraction of sp³-hybridized carbons (Fsp3) is 0.538. The number of nitrogens with one attached hydrogen (secondary N) is 2. The molecule has 1 unspecified atom stereocenters. The summed E-state index contributed by atoms with van der Waals surface area (Å²) in [5, 5.41) is 13.5. The molecule has 1 aromatic heterocycles. The maximum absolute atomic E-state index is 12.1. The number of nitrogens with zero attached hydrogens (tertiary/aromatic N) is 3. The van der Waals surface area contributed by atoms with Crippen LogP contribution in [0.1, 0.15) is 49.5 Å². The number of piperidine rings is 3. The highest BCUT2D eigenvalue weighted by atomic mass is 16.4. The Morgan fingerprint density at radius 2 is 1.94 bits per heavy atom. The van der Waals surface area contributed by atoms with Gasteiger partial charge in [-0.15, -0.1) is 0 Å². The van der Waals surface area contributed by atoms with Gasteiger partial charge in [0.25, 0.3) is 0 Å². The minimum Gasteiger partial charge on any atom is -0.550 e. The Balaban J connectivity index is 1.40. The summed E-state index contributed by atoms with van der Waals surface area (Å²) < 4.78 is 0. The van der Waals surface area contributed by atoms with Gasteiger partial charge in [-0.2, -0.15) is 0 Å². The zero-order chi connectivity index (χ0) is 24.2. The van der Waals surface area contributed by atoms with Crippen LogP contribution in [0.2, 0.25) is 0 Å². The lowest BCUT2D eigenvalue weighted by molar-refractivity contribution is -0.942. The summed E-state index contributed by atoms with van der Waals surface area (Å²) in [5.74, 6) is 0.580. The maximum atomic E-state index is 12.1. The number of rotatable bonds is 9. The first-order chi connectivity index (χ1) is 16.3. The molecule has 3 aliphatic heterocycles. The molecule has 1 aromatic carbocycles. The second kappa shape index (κ2) is 10.5. The number of carbonyl (C=O) groups is 2. The lowest BCUT2D eigenvalue weighted by Gasteiger charge is -2.46. The smallest absolute Gasteiger partial charge is 0.220 e. The molecule has 3 fully saturated rings. The second-order valence-corrected chi connectivity index (χ2v) is 9.90. The normalized spacial score (nSPS) is 23.5. The highest BCUT2D eigenvalue weighted by Crippen LogP contribution is 2.35. The molecule has 2 aromatic rings. The summed E-state index contributed by atoms with van der Waals surface area (Å²) in [6.45, 7) is 4.75. The Morgan fingerprint density at radius 3 is 2.59 bits per heavy atom. The van der Waals surface area contributed by atoms with Crippen molar-refractivity contribution in [2.45, 2.75) is 51.0 Å². The van der Waals surface area contributed by atoms with Crippen molar-refractivity contribution >= 4 is 17.6 Å². The Morgan fingerprint density at radius 1 is 1.18 bits per heavy atom. The molecule has 0 radical (unpaired) electrons. The van der Waals surface area contributed by atoms with E-state index in [1.807, 2.05) is 21.0 Å². The third-order valence-electron chi connectivity index (χ3n) is 7.30. The number of fused-ring (bicyclic) bond motifs is 3. The first-order valence-electron chi connectivity index (χ1n) is 12.2. The highest BCUT2D eigenvalue weighted by Gasteiger charge is 2.44. The van der Waals surface area contributed by atoms with Gasteiger partial charge in [-0.1, -0.05) is 12.1 Å². The van der Waals surface area contributed by atoms with Gasteiger partial charge < -0.3 is 25.0 Å². The predicted octanol–water partition coefficient (Wildman–Crippen LogP) is 0.315. The number of aromatic nitrogens is 2.